The van der Waals surface area contributed by atoms with Gasteiger partial charge < -0.3 is 0 Å². The highest BCUT2D eigenvalue weighted by Crippen LogP contribution is 2.13. The van der Waals surface area contributed by atoms with Crippen molar-refractivity contribution < 1.29 is 0 Å². The van der Waals surface area contributed by atoms with Gasteiger partial charge in [-0.15, -0.1) is 0 Å². The van der Waals surface area contributed by atoms with Crippen molar-refractivity contribution in [3.63, 3.8) is 0 Å². The molecule has 0 aliphatic heterocycles. The zero-order valence-electron chi connectivity index (χ0n) is 5.06. The highest BCUT2D eigenvalue weighted by atomic mass is 35.5. The first-order valence-corrected chi connectivity index (χ1v) is 3.18. The first kappa shape index (κ1) is 7.57. The van der Waals surface area contributed by atoms with Gasteiger partial charge in [0, 0.05) is 7.05 Å². The first-order valence-electron chi connectivity index (χ1n) is 2.43. The summed E-state index contributed by atoms with van der Waals surface area (Å²) in [6, 6.07) is 0. The zero-order valence-corrected chi connectivity index (χ0v) is 6.57. The minimum absolute atomic E-state index is 0.0424. The van der Waals surface area contributed by atoms with Crippen molar-refractivity contribution in [3.05, 3.63) is 26.6 Å². The van der Waals surface area contributed by atoms with Crippen LogP contribution in [0, 0.1) is 6.20 Å². The molecule has 0 atom stereocenters. The molecule has 0 spiro atoms. The Hall–Kier alpha value is -0.540. The van der Waals surface area contributed by atoms with Crippen molar-refractivity contribution in [2.75, 3.05) is 0 Å². The van der Waals surface area contributed by atoms with Crippen LogP contribution >= 0.6 is 23.2 Å². The summed E-state index contributed by atoms with van der Waals surface area (Å²) in [7, 11) is 1.47. The molecule has 0 N–H and O–H groups in total. The van der Waals surface area contributed by atoms with Crippen molar-refractivity contribution in [1.82, 2.24) is 9.78 Å². The van der Waals surface area contributed by atoms with Gasteiger partial charge >= 0.3 is 0 Å². The highest BCUT2D eigenvalue weighted by molar-refractivity contribution is 6.41. The minimum Gasteiger partial charge on any atom is -0.266 e. The molecule has 0 bridgehead atoms. The van der Waals surface area contributed by atoms with E-state index in [1.54, 1.807) is 0 Å². The van der Waals surface area contributed by atoms with Gasteiger partial charge in [0.05, 0.1) is 5.02 Å². The molecule has 0 aliphatic rings. The molecule has 1 heterocycles. The molecule has 0 saturated heterocycles. The Kier molecular flexibility index (Phi) is 1.97. The van der Waals surface area contributed by atoms with Crippen molar-refractivity contribution in [2.24, 2.45) is 7.05 Å². The second kappa shape index (κ2) is 2.60. The van der Waals surface area contributed by atoms with Crippen molar-refractivity contribution >= 4 is 23.2 Å². The van der Waals surface area contributed by atoms with Crippen molar-refractivity contribution in [3.8, 4) is 0 Å². The Balaban J connectivity index is 3.50. The zero-order chi connectivity index (χ0) is 7.72. The van der Waals surface area contributed by atoms with Crippen LogP contribution in [0.5, 0.6) is 0 Å². The average molecular weight is 178 g/mol. The van der Waals surface area contributed by atoms with E-state index in [-0.39, 0.29) is 10.0 Å². The Morgan fingerprint density at radius 3 is 2.70 bits per heavy atom. The van der Waals surface area contributed by atoms with Gasteiger partial charge in [-0.05, 0) is 0 Å². The summed E-state index contributed by atoms with van der Waals surface area (Å²) in [4.78, 5) is 10.9. The second-order valence-electron chi connectivity index (χ2n) is 1.67. The molecular formula is C5H3Cl2N2O. The summed E-state index contributed by atoms with van der Waals surface area (Å²) >= 11 is 10.9. The van der Waals surface area contributed by atoms with Crippen LogP contribution in [0.25, 0.3) is 0 Å². The lowest BCUT2D eigenvalue weighted by molar-refractivity contribution is 0.704. The van der Waals surface area contributed by atoms with E-state index in [2.05, 4.69) is 11.3 Å². The normalized spacial score (nSPS) is 9.90. The first-order chi connectivity index (χ1) is 4.63. The summed E-state index contributed by atoms with van der Waals surface area (Å²) in [5.74, 6) is 0. The van der Waals surface area contributed by atoms with E-state index in [9.17, 15) is 4.79 Å². The molecular weight excluding hydrogens is 175 g/mol. The van der Waals surface area contributed by atoms with E-state index in [4.69, 9.17) is 23.2 Å². The van der Waals surface area contributed by atoms with Gasteiger partial charge in [-0.1, -0.05) is 23.2 Å². The lowest BCUT2D eigenvalue weighted by Crippen LogP contribution is -2.19. The van der Waals surface area contributed by atoms with E-state index < -0.39 is 5.56 Å². The third kappa shape index (κ3) is 1.15. The molecule has 0 saturated carbocycles. The maximum absolute atomic E-state index is 10.9. The van der Waals surface area contributed by atoms with Crippen LogP contribution in [0.3, 0.4) is 0 Å². The van der Waals surface area contributed by atoms with Gasteiger partial charge in [0.1, 0.15) is 11.2 Å². The summed E-state index contributed by atoms with van der Waals surface area (Å²) in [6.07, 6.45) is 2.36. The van der Waals surface area contributed by atoms with Crippen LogP contribution < -0.4 is 5.56 Å². The maximum atomic E-state index is 10.9. The quantitative estimate of drug-likeness (QED) is 0.591. The second-order valence-corrected chi connectivity index (χ2v) is 2.42. The molecule has 1 aromatic heterocycles. The van der Waals surface area contributed by atoms with Crippen LogP contribution in [0.15, 0.2) is 4.79 Å². The molecule has 0 unspecified atom stereocenters. The van der Waals surface area contributed by atoms with Gasteiger partial charge in [-0.25, -0.2) is 4.68 Å². The third-order valence-corrected chi connectivity index (χ3v) is 1.69. The van der Waals surface area contributed by atoms with Crippen LogP contribution in [0.4, 0.5) is 0 Å². The molecule has 1 aromatic rings. The molecule has 0 aliphatic carbocycles. The van der Waals surface area contributed by atoms with E-state index in [1.807, 2.05) is 0 Å². The van der Waals surface area contributed by atoms with Crippen LogP contribution in [0.2, 0.25) is 10.0 Å². The minimum atomic E-state index is -0.412. The van der Waals surface area contributed by atoms with Crippen LogP contribution in [0.1, 0.15) is 0 Å². The molecule has 53 valence electrons. The van der Waals surface area contributed by atoms with Gasteiger partial charge in [-0.2, -0.15) is 5.10 Å². The number of aromatic nitrogens is 2. The molecule has 5 heteroatoms. The number of hydrogen-bond acceptors (Lipinski definition) is 2. The number of hydrogen-bond donors (Lipinski definition) is 0. The average Bonchev–Trinajstić information content (AvgIpc) is 1.93. The lowest BCUT2D eigenvalue weighted by Gasteiger charge is -1.94. The Labute approximate surface area is 67.2 Å². The molecule has 0 fully saturated rings. The summed E-state index contributed by atoms with van der Waals surface area (Å²) < 4.78 is 1.06. The summed E-state index contributed by atoms with van der Waals surface area (Å²) in [5, 5.41) is 3.52. The predicted octanol–water partition coefficient (Wildman–Crippen LogP) is 0.887. The van der Waals surface area contributed by atoms with Gasteiger partial charge in [0.2, 0.25) is 0 Å². The van der Waals surface area contributed by atoms with Crippen molar-refractivity contribution in [1.29, 1.82) is 0 Å². The monoisotopic (exact) mass is 177 g/mol. The van der Waals surface area contributed by atoms with E-state index >= 15 is 0 Å². The standard InChI is InChI=1S/C5H3Cl2N2O/c1-9-5(10)4(7)3(6)2-8-9/h1H3. The van der Waals surface area contributed by atoms with E-state index in [0.29, 0.717) is 0 Å². The number of rotatable bonds is 0. The summed E-state index contributed by atoms with van der Waals surface area (Å²) in [5.41, 5.74) is -0.412. The number of halogens is 2. The predicted molar refractivity (Wildman–Crippen MR) is 38.3 cm³/mol. The molecule has 3 nitrogen and oxygen atoms in total. The topological polar surface area (TPSA) is 34.9 Å². The Morgan fingerprint density at radius 2 is 2.20 bits per heavy atom. The SMILES string of the molecule is Cn1n[c]c(Cl)c(Cl)c1=O. The molecule has 1 rings (SSSR count). The van der Waals surface area contributed by atoms with Crippen molar-refractivity contribution in [2.45, 2.75) is 0 Å². The Morgan fingerprint density at radius 1 is 1.60 bits per heavy atom. The number of aryl methyl sites for hydroxylation is 1. The Bertz CT molecular complexity index is 307. The maximum Gasteiger partial charge on any atom is 0.286 e. The highest BCUT2D eigenvalue weighted by Gasteiger charge is 2.03. The fraction of sp³-hybridized carbons (Fsp3) is 0.200. The lowest BCUT2D eigenvalue weighted by atomic mass is 10.6. The fourth-order valence-corrected chi connectivity index (χ4v) is 0.733. The largest absolute Gasteiger partial charge is 0.286 e. The molecule has 1 radical (unpaired) electrons. The van der Waals surface area contributed by atoms with Gasteiger partial charge in [0.15, 0.2) is 0 Å². The molecule has 0 amide bonds. The molecule has 0 aromatic carbocycles. The van der Waals surface area contributed by atoms with E-state index in [0.717, 1.165) is 4.68 Å². The molecule has 10 heavy (non-hydrogen) atoms. The summed E-state index contributed by atoms with van der Waals surface area (Å²) in [6.45, 7) is 0. The van der Waals surface area contributed by atoms with Crippen LogP contribution in [-0.2, 0) is 7.05 Å². The van der Waals surface area contributed by atoms with Crippen LogP contribution in [-0.4, -0.2) is 9.78 Å². The fourth-order valence-electron chi connectivity index (χ4n) is 0.449. The van der Waals surface area contributed by atoms with Gasteiger partial charge in [-0.3, -0.25) is 4.79 Å². The van der Waals surface area contributed by atoms with Gasteiger partial charge in [0.25, 0.3) is 5.56 Å². The third-order valence-electron chi connectivity index (χ3n) is 0.973. The smallest absolute Gasteiger partial charge is 0.266 e. The number of nitrogens with zero attached hydrogens (tertiary/aromatic N) is 2. The van der Waals surface area contributed by atoms with E-state index in [1.165, 1.54) is 7.05 Å².